The average molecular weight is 207 g/mol. The minimum atomic E-state index is -2.22. The Balaban J connectivity index is 2.57. The third-order valence-corrected chi connectivity index (χ3v) is 1.77. The van der Waals surface area contributed by atoms with Crippen molar-refractivity contribution in [3.8, 4) is 0 Å². The van der Waals surface area contributed by atoms with E-state index in [0.29, 0.717) is 5.02 Å². The van der Waals surface area contributed by atoms with Gasteiger partial charge in [0.1, 0.15) is 0 Å². The summed E-state index contributed by atoms with van der Waals surface area (Å²) in [5.41, 5.74) is 0.768. The Morgan fingerprint density at radius 1 is 1.58 bits per heavy atom. The topological polar surface area (TPSA) is 46.5 Å². The Labute approximate surface area is 77.8 Å². The average Bonchev–Trinajstić information content (AvgIpc) is 2.01. The van der Waals surface area contributed by atoms with E-state index in [2.05, 4.69) is 4.18 Å². The molecule has 1 unspecified atom stereocenters. The van der Waals surface area contributed by atoms with Gasteiger partial charge in [0.25, 0.3) is 0 Å². The first-order valence-electron chi connectivity index (χ1n) is 3.17. The van der Waals surface area contributed by atoms with E-state index in [0.717, 1.165) is 5.56 Å². The van der Waals surface area contributed by atoms with Crippen LogP contribution in [0.3, 0.4) is 0 Å². The van der Waals surface area contributed by atoms with Gasteiger partial charge in [-0.05, 0) is 17.7 Å². The molecule has 1 aromatic carbocycles. The van der Waals surface area contributed by atoms with Gasteiger partial charge in [-0.15, -0.1) is 0 Å². The number of halogens is 1. The first-order chi connectivity index (χ1) is 5.68. The Morgan fingerprint density at radius 3 is 2.92 bits per heavy atom. The van der Waals surface area contributed by atoms with Crippen LogP contribution < -0.4 is 0 Å². The van der Waals surface area contributed by atoms with E-state index in [4.69, 9.17) is 16.2 Å². The van der Waals surface area contributed by atoms with Crippen LogP contribution in [0, 0.1) is 0 Å². The summed E-state index contributed by atoms with van der Waals surface area (Å²) in [6, 6.07) is 6.91. The Bertz CT molecular complexity index is 290. The standard InChI is InChI=1S/C7H7ClO3S/c8-7-3-1-2-6(4-7)5-11-12(9)10/h1-4H,5H2,(H,9,10). The predicted molar refractivity (Wildman–Crippen MR) is 47.0 cm³/mol. The van der Waals surface area contributed by atoms with Gasteiger partial charge >= 0.3 is 11.4 Å². The molecule has 1 aromatic rings. The highest BCUT2D eigenvalue weighted by Crippen LogP contribution is 2.11. The fourth-order valence-corrected chi connectivity index (χ4v) is 1.19. The normalized spacial score (nSPS) is 12.8. The molecular formula is C7H7ClO3S. The predicted octanol–water partition coefficient (Wildman–Crippen LogP) is 1.99. The van der Waals surface area contributed by atoms with E-state index in [9.17, 15) is 4.21 Å². The van der Waals surface area contributed by atoms with E-state index < -0.39 is 11.4 Å². The highest BCUT2D eigenvalue weighted by molar-refractivity contribution is 7.74. The molecular weight excluding hydrogens is 200 g/mol. The van der Waals surface area contributed by atoms with Gasteiger partial charge in [-0.2, -0.15) is 4.21 Å². The van der Waals surface area contributed by atoms with Crippen LogP contribution in [0.4, 0.5) is 0 Å². The summed E-state index contributed by atoms with van der Waals surface area (Å²) in [6.45, 7) is 0.0870. The second kappa shape index (κ2) is 4.57. The van der Waals surface area contributed by atoms with Gasteiger partial charge in [-0.3, -0.25) is 8.74 Å². The van der Waals surface area contributed by atoms with Crippen molar-refractivity contribution < 1.29 is 12.9 Å². The van der Waals surface area contributed by atoms with Gasteiger partial charge in [0, 0.05) is 5.02 Å². The molecule has 0 radical (unpaired) electrons. The second-order valence-electron chi connectivity index (χ2n) is 2.11. The third-order valence-electron chi connectivity index (χ3n) is 1.22. The second-order valence-corrected chi connectivity index (χ2v) is 3.22. The van der Waals surface area contributed by atoms with Crippen LogP contribution in [0.2, 0.25) is 5.02 Å². The van der Waals surface area contributed by atoms with Crippen molar-refractivity contribution in [1.29, 1.82) is 0 Å². The summed E-state index contributed by atoms with van der Waals surface area (Å²) in [5.74, 6) is 0. The maximum atomic E-state index is 10.1. The number of hydrogen-bond acceptors (Lipinski definition) is 2. The summed E-state index contributed by atoms with van der Waals surface area (Å²) >= 11 is 3.45. The lowest BCUT2D eigenvalue weighted by Gasteiger charge is -1.98. The maximum absolute atomic E-state index is 10.1. The maximum Gasteiger partial charge on any atom is 0.302 e. The zero-order chi connectivity index (χ0) is 8.97. The van der Waals surface area contributed by atoms with Crippen LogP contribution >= 0.6 is 11.6 Å². The van der Waals surface area contributed by atoms with Crippen LogP contribution in [-0.4, -0.2) is 8.76 Å². The molecule has 0 aromatic heterocycles. The molecule has 1 N–H and O–H groups in total. The lowest BCUT2D eigenvalue weighted by atomic mass is 10.2. The van der Waals surface area contributed by atoms with Crippen molar-refractivity contribution in [2.24, 2.45) is 0 Å². The molecule has 1 rings (SSSR count). The van der Waals surface area contributed by atoms with Crippen LogP contribution in [-0.2, 0) is 22.2 Å². The molecule has 0 aliphatic rings. The Hall–Kier alpha value is -0.420. The largest absolute Gasteiger partial charge is 0.302 e. The Morgan fingerprint density at radius 2 is 2.33 bits per heavy atom. The molecule has 0 spiro atoms. The van der Waals surface area contributed by atoms with Crippen LogP contribution in [0.1, 0.15) is 5.56 Å². The number of rotatable bonds is 3. The summed E-state index contributed by atoms with van der Waals surface area (Å²) in [4.78, 5) is 0. The highest BCUT2D eigenvalue weighted by Gasteiger charge is 1.96. The lowest BCUT2D eigenvalue weighted by Crippen LogP contribution is -1.95. The minimum absolute atomic E-state index is 0.0870. The van der Waals surface area contributed by atoms with Crippen molar-refractivity contribution in [2.75, 3.05) is 0 Å². The van der Waals surface area contributed by atoms with E-state index in [1.807, 2.05) is 0 Å². The molecule has 0 aliphatic carbocycles. The van der Waals surface area contributed by atoms with E-state index in [-0.39, 0.29) is 6.61 Å². The monoisotopic (exact) mass is 206 g/mol. The van der Waals surface area contributed by atoms with E-state index in [1.54, 1.807) is 24.3 Å². The minimum Gasteiger partial charge on any atom is -0.284 e. The molecule has 0 fully saturated rings. The molecule has 66 valence electrons. The van der Waals surface area contributed by atoms with E-state index in [1.165, 1.54) is 0 Å². The van der Waals surface area contributed by atoms with Crippen molar-refractivity contribution >= 4 is 23.0 Å². The van der Waals surface area contributed by atoms with Crippen LogP contribution in [0.5, 0.6) is 0 Å². The first kappa shape index (κ1) is 9.67. The van der Waals surface area contributed by atoms with Crippen molar-refractivity contribution in [1.82, 2.24) is 0 Å². The SMILES string of the molecule is O=S(O)OCc1cccc(Cl)c1. The number of benzene rings is 1. The summed E-state index contributed by atoms with van der Waals surface area (Å²) in [5, 5.41) is 0.583. The van der Waals surface area contributed by atoms with Gasteiger partial charge in [0.2, 0.25) is 0 Å². The molecule has 0 aliphatic heterocycles. The first-order valence-corrected chi connectivity index (χ1v) is 4.58. The summed E-state index contributed by atoms with van der Waals surface area (Å²) in [7, 11) is 0. The molecule has 0 saturated heterocycles. The quantitative estimate of drug-likeness (QED) is 0.770. The van der Waals surface area contributed by atoms with E-state index >= 15 is 0 Å². The lowest BCUT2D eigenvalue weighted by molar-refractivity contribution is 0.297. The Kier molecular flexibility index (Phi) is 3.68. The zero-order valence-corrected chi connectivity index (χ0v) is 7.64. The molecule has 0 heterocycles. The third kappa shape index (κ3) is 3.32. The van der Waals surface area contributed by atoms with Gasteiger partial charge in [-0.25, -0.2) is 0 Å². The highest BCUT2D eigenvalue weighted by atomic mass is 35.5. The molecule has 0 bridgehead atoms. The molecule has 0 saturated carbocycles. The van der Waals surface area contributed by atoms with Gasteiger partial charge in [-0.1, -0.05) is 23.7 Å². The zero-order valence-electron chi connectivity index (χ0n) is 6.07. The van der Waals surface area contributed by atoms with Gasteiger partial charge in [0.05, 0.1) is 6.61 Å². The molecule has 0 amide bonds. The number of hydrogen-bond donors (Lipinski definition) is 1. The fraction of sp³-hybridized carbons (Fsp3) is 0.143. The van der Waals surface area contributed by atoms with Crippen LogP contribution in [0.25, 0.3) is 0 Å². The smallest absolute Gasteiger partial charge is 0.284 e. The summed E-state index contributed by atoms with van der Waals surface area (Å²) in [6.07, 6.45) is 0. The van der Waals surface area contributed by atoms with Crippen molar-refractivity contribution in [3.05, 3.63) is 34.9 Å². The van der Waals surface area contributed by atoms with Crippen LogP contribution in [0.15, 0.2) is 24.3 Å². The van der Waals surface area contributed by atoms with Crippen molar-refractivity contribution in [3.63, 3.8) is 0 Å². The molecule has 5 heteroatoms. The van der Waals surface area contributed by atoms with Gasteiger partial charge < -0.3 is 0 Å². The molecule has 1 atom stereocenters. The molecule has 3 nitrogen and oxygen atoms in total. The van der Waals surface area contributed by atoms with Gasteiger partial charge in [0.15, 0.2) is 0 Å². The van der Waals surface area contributed by atoms with Crippen molar-refractivity contribution in [2.45, 2.75) is 6.61 Å². The fourth-order valence-electron chi connectivity index (χ4n) is 0.745. The molecule has 12 heavy (non-hydrogen) atoms. The summed E-state index contributed by atoms with van der Waals surface area (Å²) < 4.78 is 22.9.